The van der Waals surface area contributed by atoms with Gasteiger partial charge in [0.15, 0.2) is 0 Å². The molecule has 1 fully saturated rings. The van der Waals surface area contributed by atoms with Crippen LogP contribution in [0.1, 0.15) is 62.5 Å². The van der Waals surface area contributed by atoms with E-state index in [-0.39, 0.29) is 6.10 Å². The second kappa shape index (κ2) is 9.07. The van der Waals surface area contributed by atoms with Crippen molar-refractivity contribution in [2.75, 3.05) is 14.2 Å². The maximum Gasteiger partial charge on any atom is 0.349 e. The molecule has 1 aliphatic rings. The van der Waals surface area contributed by atoms with Crippen molar-refractivity contribution in [3.8, 4) is 5.75 Å². The lowest BCUT2D eigenvalue weighted by molar-refractivity contribution is -0.154. The topological polar surface area (TPSA) is 44.8 Å². The van der Waals surface area contributed by atoms with Crippen molar-refractivity contribution >= 4 is 5.97 Å². The van der Waals surface area contributed by atoms with Crippen LogP contribution in [0.15, 0.2) is 18.2 Å². The molecule has 1 unspecified atom stereocenters. The average molecular weight is 334 g/mol. The lowest BCUT2D eigenvalue weighted by Crippen LogP contribution is -2.39. The van der Waals surface area contributed by atoms with E-state index in [4.69, 9.17) is 14.2 Å². The average Bonchev–Trinajstić information content (AvgIpc) is 2.89. The van der Waals surface area contributed by atoms with E-state index in [0.717, 1.165) is 11.3 Å². The first-order valence-corrected chi connectivity index (χ1v) is 8.94. The summed E-state index contributed by atoms with van der Waals surface area (Å²) in [7, 11) is 2.94. The molecule has 4 heteroatoms. The highest BCUT2D eigenvalue weighted by molar-refractivity contribution is 5.75. The maximum atomic E-state index is 12.0. The molecule has 1 aromatic carbocycles. The first-order chi connectivity index (χ1) is 11.6. The smallest absolute Gasteiger partial charge is 0.349 e. The van der Waals surface area contributed by atoms with Crippen molar-refractivity contribution in [2.45, 2.75) is 70.5 Å². The maximum absolute atomic E-state index is 12.0. The Hall–Kier alpha value is -1.55. The van der Waals surface area contributed by atoms with Crippen molar-refractivity contribution in [1.29, 1.82) is 0 Å². The van der Waals surface area contributed by atoms with Crippen molar-refractivity contribution in [3.05, 3.63) is 29.3 Å². The first kappa shape index (κ1) is 18.8. The van der Waals surface area contributed by atoms with Crippen molar-refractivity contribution in [2.24, 2.45) is 0 Å². The summed E-state index contributed by atoms with van der Waals surface area (Å²) in [6, 6.07) is 6.39. The molecule has 2 atom stereocenters. The van der Waals surface area contributed by atoms with Gasteiger partial charge in [-0.05, 0) is 49.8 Å². The molecule has 2 rings (SSSR count). The Morgan fingerprint density at radius 1 is 1.12 bits per heavy atom. The number of methoxy groups -OCH3 is 2. The Balaban J connectivity index is 2.21. The summed E-state index contributed by atoms with van der Waals surface area (Å²) < 4.78 is 16.2. The van der Waals surface area contributed by atoms with Gasteiger partial charge in [-0.3, -0.25) is 0 Å². The molecule has 1 saturated carbocycles. The van der Waals surface area contributed by atoms with Gasteiger partial charge in [-0.15, -0.1) is 0 Å². The highest BCUT2D eigenvalue weighted by atomic mass is 16.6. The van der Waals surface area contributed by atoms with Gasteiger partial charge in [0.25, 0.3) is 0 Å². The largest absolute Gasteiger partial charge is 0.476 e. The van der Waals surface area contributed by atoms with E-state index >= 15 is 0 Å². The molecular formula is C20H30O4. The molecular weight excluding hydrogens is 304 g/mol. The number of aryl methyl sites for hydroxylation is 1. The van der Waals surface area contributed by atoms with Crippen LogP contribution in [-0.2, 0) is 14.3 Å². The number of hydrogen-bond donors (Lipinski definition) is 0. The van der Waals surface area contributed by atoms with Crippen LogP contribution >= 0.6 is 0 Å². The van der Waals surface area contributed by atoms with Crippen LogP contribution in [0, 0.1) is 6.92 Å². The molecule has 0 heterocycles. The van der Waals surface area contributed by atoms with E-state index in [9.17, 15) is 4.79 Å². The molecule has 0 amide bonds. The molecule has 0 spiro atoms. The summed E-state index contributed by atoms with van der Waals surface area (Å²) in [5, 5.41) is 0. The lowest BCUT2D eigenvalue weighted by Gasteiger charge is -2.24. The minimum Gasteiger partial charge on any atom is -0.476 e. The Morgan fingerprint density at radius 2 is 1.79 bits per heavy atom. The highest BCUT2D eigenvalue weighted by Gasteiger charge is 2.29. The van der Waals surface area contributed by atoms with Crippen LogP contribution in [-0.4, -0.2) is 32.4 Å². The number of rotatable bonds is 6. The Kier molecular flexibility index (Phi) is 7.10. The molecule has 0 aliphatic heterocycles. The monoisotopic (exact) mass is 334 g/mol. The molecule has 24 heavy (non-hydrogen) atoms. The third-order valence-electron chi connectivity index (χ3n) is 5.02. The van der Waals surface area contributed by atoms with Gasteiger partial charge in [0.05, 0.1) is 7.11 Å². The van der Waals surface area contributed by atoms with E-state index in [1.165, 1.54) is 51.2 Å². The molecule has 0 radical (unpaired) electrons. The zero-order valence-electron chi connectivity index (χ0n) is 15.3. The van der Waals surface area contributed by atoms with Crippen LogP contribution in [0.2, 0.25) is 0 Å². The number of benzene rings is 1. The lowest BCUT2D eigenvalue weighted by atomic mass is 9.91. The molecule has 134 valence electrons. The summed E-state index contributed by atoms with van der Waals surface area (Å²) in [5.41, 5.74) is 2.33. The second-order valence-electron chi connectivity index (χ2n) is 6.72. The third-order valence-corrected chi connectivity index (χ3v) is 5.02. The summed E-state index contributed by atoms with van der Waals surface area (Å²) in [6.45, 7) is 3.81. The van der Waals surface area contributed by atoms with Gasteiger partial charge in [-0.25, -0.2) is 4.79 Å². The van der Waals surface area contributed by atoms with Gasteiger partial charge < -0.3 is 14.2 Å². The summed E-state index contributed by atoms with van der Waals surface area (Å²) in [4.78, 5) is 12.0. The van der Waals surface area contributed by atoms with E-state index in [2.05, 4.69) is 18.2 Å². The minimum absolute atomic E-state index is 0.376. The van der Waals surface area contributed by atoms with Gasteiger partial charge in [-0.1, -0.05) is 37.8 Å². The van der Waals surface area contributed by atoms with E-state index < -0.39 is 12.1 Å². The fourth-order valence-electron chi connectivity index (χ4n) is 3.32. The minimum atomic E-state index is -0.761. The summed E-state index contributed by atoms with van der Waals surface area (Å²) in [6.07, 6.45) is 6.58. The number of esters is 1. The third kappa shape index (κ3) is 4.73. The number of ether oxygens (including phenoxy) is 3. The predicted molar refractivity (Wildman–Crippen MR) is 94.5 cm³/mol. The van der Waals surface area contributed by atoms with Crippen LogP contribution in [0.25, 0.3) is 0 Å². The SMILES string of the molecule is COC(=O)C(Oc1cc(C2CCCCCC2)ccc1C)[C@H](C)OC. The van der Waals surface area contributed by atoms with Crippen LogP contribution in [0.4, 0.5) is 0 Å². The van der Waals surface area contributed by atoms with Gasteiger partial charge >= 0.3 is 5.97 Å². The van der Waals surface area contributed by atoms with Crippen molar-refractivity contribution in [1.82, 2.24) is 0 Å². The molecule has 0 saturated heterocycles. The first-order valence-electron chi connectivity index (χ1n) is 8.94. The normalized spacial score (nSPS) is 18.5. The molecule has 0 N–H and O–H groups in total. The van der Waals surface area contributed by atoms with Gasteiger partial charge in [0.2, 0.25) is 6.10 Å². The van der Waals surface area contributed by atoms with Crippen LogP contribution in [0.3, 0.4) is 0 Å². The predicted octanol–water partition coefficient (Wildman–Crippen LogP) is 4.39. The van der Waals surface area contributed by atoms with E-state index in [1.54, 1.807) is 7.11 Å². The Bertz CT molecular complexity index is 532. The highest BCUT2D eigenvalue weighted by Crippen LogP contribution is 2.34. The van der Waals surface area contributed by atoms with Crippen molar-refractivity contribution < 1.29 is 19.0 Å². The van der Waals surface area contributed by atoms with E-state index in [1.807, 2.05) is 13.8 Å². The van der Waals surface area contributed by atoms with Crippen molar-refractivity contribution in [3.63, 3.8) is 0 Å². The molecule has 1 aliphatic carbocycles. The zero-order valence-corrected chi connectivity index (χ0v) is 15.3. The van der Waals surface area contributed by atoms with Gasteiger partial charge in [-0.2, -0.15) is 0 Å². The molecule has 4 nitrogen and oxygen atoms in total. The number of carbonyl (C=O) groups is 1. The quantitative estimate of drug-likeness (QED) is 0.572. The van der Waals surface area contributed by atoms with Gasteiger partial charge in [0.1, 0.15) is 11.9 Å². The summed E-state index contributed by atoms with van der Waals surface area (Å²) >= 11 is 0. The molecule has 0 bridgehead atoms. The Morgan fingerprint density at radius 3 is 2.38 bits per heavy atom. The fourth-order valence-corrected chi connectivity index (χ4v) is 3.32. The zero-order chi connectivity index (χ0) is 17.5. The second-order valence-corrected chi connectivity index (χ2v) is 6.72. The number of hydrogen-bond acceptors (Lipinski definition) is 4. The Labute approximate surface area is 145 Å². The standard InChI is InChI=1S/C20H30O4/c1-14-11-12-17(16-9-7-5-6-8-10-16)13-18(14)24-19(15(2)22-3)20(21)23-4/h11-13,15-16,19H,5-10H2,1-4H3/t15-,19?/m0/s1. The molecule has 1 aromatic rings. The van der Waals surface area contributed by atoms with E-state index in [0.29, 0.717) is 5.92 Å². The van der Waals surface area contributed by atoms with Crippen LogP contribution in [0.5, 0.6) is 5.75 Å². The fraction of sp³-hybridized carbons (Fsp3) is 0.650. The van der Waals surface area contributed by atoms with Gasteiger partial charge in [0, 0.05) is 7.11 Å². The van der Waals surface area contributed by atoms with Crippen LogP contribution < -0.4 is 4.74 Å². The number of carbonyl (C=O) groups excluding carboxylic acids is 1. The molecule has 0 aromatic heterocycles. The summed E-state index contributed by atoms with van der Waals surface area (Å²) in [5.74, 6) is 0.923.